The van der Waals surface area contributed by atoms with E-state index >= 15 is 0 Å². The molecule has 0 aliphatic heterocycles. The normalized spacial score (nSPS) is 10.8. The van der Waals surface area contributed by atoms with E-state index in [1.54, 1.807) is 17.8 Å². The Morgan fingerprint density at radius 3 is 2.71 bits per heavy atom. The van der Waals surface area contributed by atoms with Crippen molar-refractivity contribution in [3.05, 3.63) is 41.6 Å². The van der Waals surface area contributed by atoms with Gasteiger partial charge in [0, 0.05) is 25.2 Å². The molecule has 0 unspecified atom stereocenters. The van der Waals surface area contributed by atoms with Gasteiger partial charge in [0.15, 0.2) is 0 Å². The average Bonchev–Trinajstić information content (AvgIpc) is 2.60. The van der Waals surface area contributed by atoms with Crippen LogP contribution < -0.4 is 5.32 Å². The van der Waals surface area contributed by atoms with Gasteiger partial charge in [-0.15, -0.1) is 0 Å². The molecular weight excluding hydrogens is 224 g/mol. The van der Waals surface area contributed by atoms with Gasteiger partial charge in [0.25, 0.3) is 0 Å². The molecule has 0 amide bonds. The molecule has 0 aliphatic carbocycles. The molecular formula is C12H13F2N3. The lowest BCUT2D eigenvalue weighted by Gasteiger charge is -1.98. The first-order chi connectivity index (χ1) is 8.11. The van der Waals surface area contributed by atoms with Crippen LogP contribution in [0.5, 0.6) is 0 Å². The van der Waals surface area contributed by atoms with E-state index in [0.717, 1.165) is 11.8 Å². The highest BCUT2D eigenvalue weighted by Crippen LogP contribution is 2.22. The third kappa shape index (κ3) is 2.34. The molecule has 0 aliphatic rings. The highest BCUT2D eigenvalue weighted by atomic mass is 19.1. The Hall–Kier alpha value is -1.75. The molecule has 0 saturated heterocycles. The first-order valence-corrected chi connectivity index (χ1v) is 5.24. The lowest BCUT2D eigenvalue weighted by Crippen LogP contribution is -2.09. The second-order valence-corrected chi connectivity index (χ2v) is 3.80. The van der Waals surface area contributed by atoms with Crippen LogP contribution in [0.1, 0.15) is 5.69 Å². The van der Waals surface area contributed by atoms with Crippen LogP contribution >= 0.6 is 0 Å². The van der Waals surface area contributed by atoms with E-state index in [4.69, 9.17) is 0 Å². The van der Waals surface area contributed by atoms with E-state index in [0.29, 0.717) is 17.8 Å². The maximum Gasteiger partial charge on any atom is 0.135 e. The molecule has 90 valence electrons. The van der Waals surface area contributed by atoms with Gasteiger partial charge < -0.3 is 5.32 Å². The molecule has 0 bridgehead atoms. The second-order valence-electron chi connectivity index (χ2n) is 3.80. The Morgan fingerprint density at radius 1 is 1.29 bits per heavy atom. The molecule has 0 saturated carbocycles. The van der Waals surface area contributed by atoms with Crippen molar-refractivity contribution in [3.8, 4) is 11.3 Å². The first kappa shape index (κ1) is 11.7. The van der Waals surface area contributed by atoms with Crippen molar-refractivity contribution in [1.29, 1.82) is 0 Å². The number of rotatable bonds is 3. The minimum atomic E-state index is -0.598. The van der Waals surface area contributed by atoms with E-state index < -0.39 is 11.6 Å². The van der Waals surface area contributed by atoms with Gasteiger partial charge in [-0.2, -0.15) is 5.10 Å². The van der Waals surface area contributed by atoms with Crippen LogP contribution in [0.15, 0.2) is 24.3 Å². The van der Waals surface area contributed by atoms with Crippen LogP contribution in [0.2, 0.25) is 0 Å². The fourth-order valence-electron chi connectivity index (χ4n) is 1.68. The van der Waals surface area contributed by atoms with Crippen LogP contribution in [0.25, 0.3) is 11.3 Å². The van der Waals surface area contributed by atoms with Crippen molar-refractivity contribution in [1.82, 2.24) is 15.1 Å². The largest absolute Gasteiger partial charge is 0.314 e. The SMILES string of the molecule is CNCc1cc(-c2ccc(F)cc2F)nn1C. The number of aromatic nitrogens is 2. The molecule has 2 rings (SSSR count). The van der Waals surface area contributed by atoms with Crippen molar-refractivity contribution in [3.63, 3.8) is 0 Å². The van der Waals surface area contributed by atoms with Crippen LogP contribution in [-0.4, -0.2) is 16.8 Å². The number of hydrogen-bond donors (Lipinski definition) is 1. The minimum Gasteiger partial charge on any atom is -0.314 e. The Bertz CT molecular complexity index is 535. The molecule has 5 heteroatoms. The fourth-order valence-corrected chi connectivity index (χ4v) is 1.68. The van der Waals surface area contributed by atoms with Gasteiger partial charge >= 0.3 is 0 Å². The zero-order chi connectivity index (χ0) is 12.4. The summed E-state index contributed by atoms with van der Waals surface area (Å²) in [5.74, 6) is -1.18. The van der Waals surface area contributed by atoms with Crippen molar-refractivity contribution in [2.24, 2.45) is 7.05 Å². The van der Waals surface area contributed by atoms with Crippen molar-refractivity contribution in [2.75, 3.05) is 7.05 Å². The molecule has 0 fully saturated rings. The summed E-state index contributed by atoms with van der Waals surface area (Å²) in [6, 6.07) is 5.27. The topological polar surface area (TPSA) is 29.9 Å². The lowest BCUT2D eigenvalue weighted by molar-refractivity contribution is 0.585. The smallest absolute Gasteiger partial charge is 0.135 e. The number of hydrogen-bond acceptors (Lipinski definition) is 2. The summed E-state index contributed by atoms with van der Waals surface area (Å²) in [6.07, 6.45) is 0. The standard InChI is InChI=1S/C12H13F2N3/c1-15-7-9-6-12(16-17(9)2)10-4-3-8(13)5-11(10)14/h3-6,15H,7H2,1-2H3. The number of benzene rings is 1. The predicted octanol–water partition coefficient (Wildman–Crippen LogP) is 2.08. The van der Waals surface area contributed by atoms with Crippen LogP contribution in [0, 0.1) is 11.6 Å². The number of halogens is 2. The second kappa shape index (κ2) is 4.63. The quantitative estimate of drug-likeness (QED) is 0.885. The zero-order valence-corrected chi connectivity index (χ0v) is 9.67. The molecule has 1 aromatic carbocycles. The Balaban J connectivity index is 2.42. The number of aryl methyl sites for hydroxylation is 1. The van der Waals surface area contributed by atoms with E-state index in [1.807, 2.05) is 7.05 Å². The van der Waals surface area contributed by atoms with Crippen molar-refractivity contribution < 1.29 is 8.78 Å². The van der Waals surface area contributed by atoms with Crippen LogP contribution in [-0.2, 0) is 13.6 Å². The fraction of sp³-hybridized carbons (Fsp3) is 0.250. The highest BCUT2D eigenvalue weighted by molar-refractivity contribution is 5.60. The molecule has 3 nitrogen and oxygen atoms in total. The maximum absolute atomic E-state index is 13.6. The first-order valence-electron chi connectivity index (χ1n) is 5.24. The monoisotopic (exact) mass is 237 g/mol. The molecule has 17 heavy (non-hydrogen) atoms. The van der Waals surface area contributed by atoms with Crippen molar-refractivity contribution >= 4 is 0 Å². The average molecular weight is 237 g/mol. The summed E-state index contributed by atoms with van der Waals surface area (Å²) >= 11 is 0. The summed E-state index contributed by atoms with van der Waals surface area (Å²) < 4.78 is 28.0. The molecule has 0 spiro atoms. The lowest BCUT2D eigenvalue weighted by atomic mass is 10.1. The van der Waals surface area contributed by atoms with Gasteiger partial charge in [0.05, 0.1) is 11.4 Å². The summed E-state index contributed by atoms with van der Waals surface area (Å²) in [6.45, 7) is 0.645. The van der Waals surface area contributed by atoms with E-state index in [2.05, 4.69) is 10.4 Å². The summed E-state index contributed by atoms with van der Waals surface area (Å²) in [4.78, 5) is 0. The Morgan fingerprint density at radius 2 is 2.06 bits per heavy atom. The molecule has 1 N–H and O–H groups in total. The highest BCUT2D eigenvalue weighted by Gasteiger charge is 2.11. The number of nitrogens with one attached hydrogen (secondary N) is 1. The molecule has 0 radical (unpaired) electrons. The third-order valence-corrected chi connectivity index (χ3v) is 2.54. The van der Waals surface area contributed by atoms with Gasteiger partial charge in [0.1, 0.15) is 11.6 Å². The van der Waals surface area contributed by atoms with Gasteiger partial charge in [-0.05, 0) is 25.2 Å². The molecule has 1 aromatic heterocycles. The Kier molecular flexibility index (Phi) is 3.19. The molecule has 1 heterocycles. The van der Waals surface area contributed by atoms with Crippen molar-refractivity contribution in [2.45, 2.75) is 6.54 Å². The summed E-state index contributed by atoms with van der Waals surface area (Å²) in [5.41, 5.74) is 1.76. The van der Waals surface area contributed by atoms with Crippen LogP contribution in [0.4, 0.5) is 8.78 Å². The van der Waals surface area contributed by atoms with E-state index in [1.165, 1.54) is 12.1 Å². The summed E-state index contributed by atoms with van der Waals surface area (Å²) in [7, 11) is 3.61. The maximum atomic E-state index is 13.6. The summed E-state index contributed by atoms with van der Waals surface area (Å²) in [5, 5.41) is 7.20. The molecule has 2 aromatic rings. The van der Waals surface area contributed by atoms with Gasteiger partial charge in [-0.3, -0.25) is 4.68 Å². The van der Waals surface area contributed by atoms with Gasteiger partial charge in [-0.25, -0.2) is 8.78 Å². The predicted molar refractivity (Wildman–Crippen MR) is 61.3 cm³/mol. The van der Waals surface area contributed by atoms with Gasteiger partial charge in [-0.1, -0.05) is 0 Å². The third-order valence-electron chi connectivity index (χ3n) is 2.54. The van der Waals surface area contributed by atoms with E-state index in [-0.39, 0.29) is 0 Å². The number of nitrogens with zero attached hydrogens (tertiary/aromatic N) is 2. The Labute approximate surface area is 98.1 Å². The van der Waals surface area contributed by atoms with E-state index in [9.17, 15) is 8.78 Å². The van der Waals surface area contributed by atoms with Crippen LogP contribution in [0.3, 0.4) is 0 Å². The molecule has 0 atom stereocenters. The van der Waals surface area contributed by atoms with Gasteiger partial charge in [0.2, 0.25) is 0 Å². The zero-order valence-electron chi connectivity index (χ0n) is 9.67. The minimum absolute atomic E-state index is 0.310.